The van der Waals surface area contributed by atoms with Gasteiger partial charge < -0.3 is 14.1 Å². The van der Waals surface area contributed by atoms with E-state index in [1.54, 1.807) is 16.2 Å². The van der Waals surface area contributed by atoms with Gasteiger partial charge in [0.2, 0.25) is 0 Å². The van der Waals surface area contributed by atoms with Crippen molar-refractivity contribution < 1.29 is 13.9 Å². The Labute approximate surface area is 167 Å². The molecule has 1 saturated heterocycles. The Bertz CT molecular complexity index is 825. The molecular weight excluding hydrogens is 382 g/mol. The van der Waals surface area contributed by atoms with Crippen molar-refractivity contribution in [3.05, 3.63) is 16.5 Å². The van der Waals surface area contributed by atoms with Crippen LogP contribution in [0, 0.1) is 11.3 Å². The number of ether oxygens (including phenoxy) is 1. The maximum atomic E-state index is 11.4. The lowest BCUT2D eigenvalue weighted by atomic mass is 9.72. The summed E-state index contributed by atoms with van der Waals surface area (Å²) in [6.45, 7) is 8.76. The van der Waals surface area contributed by atoms with Gasteiger partial charge in [-0.3, -0.25) is 0 Å². The summed E-state index contributed by atoms with van der Waals surface area (Å²) in [7, 11) is 0. The number of nitrogens with zero attached hydrogens (tertiary/aromatic N) is 3. The van der Waals surface area contributed by atoms with E-state index in [0.29, 0.717) is 42.0 Å². The summed E-state index contributed by atoms with van der Waals surface area (Å²) in [6, 6.07) is 2.24. The van der Waals surface area contributed by atoms with E-state index in [1.165, 1.54) is 28.6 Å². The molecular formula is C19H25N3O3S2. The second-order valence-corrected chi connectivity index (χ2v) is 10.4. The van der Waals surface area contributed by atoms with Crippen LogP contribution in [0.3, 0.4) is 0 Å². The van der Waals surface area contributed by atoms with Crippen LogP contribution in [0.5, 0.6) is 0 Å². The number of thioether (sulfide) groups is 1. The van der Waals surface area contributed by atoms with Crippen LogP contribution in [0.25, 0.3) is 10.8 Å². The van der Waals surface area contributed by atoms with Gasteiger partial charge in [0.1, 0.15) is 6.61 Å². The van der Waals surface area contributed by atoms with Crippen molar-refractivity contribution in [1.29, 1.82) is 0 Å². The van der Waals surface area contributed by atoms with Gasteiger partial charge in [-0.05, 0) is 42.2 Å². The number of carbonyl (C=O) groups is 1. The van der Waals surface area contributed by atoms with Crippen molar-refractivity contribution in [2.75, 3.05) is 25.4 Å². The highest BCUT2D eigenvalue weighted by Crippen LogP contribution is 2.42. The number of amides is 1. The first-order valence-electron chi connectivity index (χ1n) is 9.40. The van der Waals surface area contributed by atoms with Gasteiger partial charge in [0.15, 0.2) is 0 Å². The Balaban J connectivity index is 1.38. The molecule has 3 heterocycles. The number of hydrogen-bond acceptors (Lipinski definition) is 7. The summed E-state index contributed by atoms with van der Waals surface area (Å²) in [5.41, 5.74) is 1.79. The zero-order valence-electron chi connectivity index (χ0n) is 16.0. The van der Waals surface area contributed by atoms with E-state index in [4.69, 9.17) is 9.15 Å². The van der Waals surface area contributed by atoms with E-state index in [2.05, 4.69) is 37.0 Å². The third-order valence-electron chi connectivity index (χ3n) is 5.36. The minimum Gasteiger partial charge on any atom is -0.448 e. The van der Waals surface area contributed by atoms with Gasteiger partial charge in [-0.15, -0.1) is 21.5 Å². The lowest BCUT2D eigenvalue weighted by Gasteiger charge is -2.33. The summed E-state index contributed by atoms with van der Waals surface area (Å²) >= 11 is 3.26. The number of hydrogen-bond donors (Lipinski definition) is 0. The third-order valence-corrected chi connectivity index (χ3v) is 7.38. The molecule has 8 heteroatoms. The van der Waals surface area contributed by atoms with E-state index in [1.807, 2.05) is 0 Å². The Morgan fingerprint density at radius 1 is 1.37 bits per heavy atom. The largest absolute Gasteiger partial charge is 0.448 e. The van der Waals surface area contributed by atoms with Gasteiger partial charge in [0.25, 0.3) is 11.1 Å². The first-order chi connectivity index (χ1) is 12.9. The van der Waals surface area contributed by atoms with Gasteiger partial charge >= 0.3 is 6.09 Å². The van der Waals surface area contributed by atoms with Crippen LogP contribution < -0.4 is 0 Å². The number of cyclic esters (lactones) is 1. The van der Waals surface area contributed by atoms with Crippen molar-refractivity contribution in [2.24, 2.45) is 11.3 Å². The summed E-state index contributed by atoms with van der Waals surface area (Å²) in [5, 5.41) is 8.94. The van der Waals surface area contributed by atoms with E-state index >= 15 is 0 Å². The average molecular weight is 408 g/mol. The molecule has 0 bridgehead atoms. The van der Waals surface area contributed by atoms with Crippen molar-refractivity contribution in [2.45, 2.75) is 45.3 Å². The summed E-state index contributed by atoms with van der Waals surface area (Å²) in [4.78, 5) is 15.7. The van der Waals surface area contributed by atoms with Crippen LogP contribution in [0.15, 0.2) is 15.7 Å². The SMILES string of the molecule is CC(C)(C)[C@@H]1CCc2sc(-c3nnc(SCCN4CCOC4=O)o3)cc2C1. The fourth-order valence-corrected chi connectivity index (χ4v) is 5.46. The van der Waals surface area contributed by atoms with Gasteiger partial charge in [-0.1, -0.05) is 32.5 Å². The molecule has 4 rings (SSSR count). The van der Waals surface area contributed by atoms with E-state index in [0.717, 1.165) is 23.6 Å². The number of fused-ring (bicyclic) bond motifs is 1. The molecule has 1 amide bonds. The van der Waals surface area contributed by atoms with E-state index < -0.39 is 0 Å². The molecule has 2 aromatic rings. The molecule has 1 fully saturated rings. The molecule has 2 aliphatic rings. The average Bonchev–Trinajstić information content (AvgIpc) is 3.33. The quantitative estimate of drug-likeness (QED) is 0.680. The molecule has 146 valence electrons. The standard InChI is InChI=1S/C19H25N3O3S2/c1-19(2,3)13-4-5-14-12(10-13)11-15(27-14)16-20-21-17(25-16)26-9-7-22-6-8-24-18(22)23/h11,13H,4-10H2,1-3H3/t13-/m1/s1. The molecule has 0 spiro atoms. The Kier molecular flexibility index (Phi) is 5.20. The second kappa shape index (κ2) is 7.47. The van der Waals surface area contributed by atoms with Crippen LogP contribution in [0.2, 0.25) is 0 Å². The molecule has 0 N–H and O–H groups in total. The fourth-order valence-electron chi connectivity index (χ4n) is 3.61. The highest BCUT2D eigenvalue weighted by molar-refractivity contribution is 7.99. The van der Waals surface area contributed by atoms with Crippen molar-refractivity contribution in [1.82, 2.24) is 15.1 Å². The Hall–Kier alpha value is -1.54. The normalized spacial score (nSPS) is 20.0. The van der Waals surface area contributed by atoms with Crippen molar-refractivity contribution >= 4 is 29.2 Å². The lowest BCUT2D eigenvalue weighted by molar-refractivity contribution is 0.160. The minimum absolute atomic E-state index is 0.237. The minimum atomic E-state index is -0.237. The number of thiophene rings is 1. The van der Waals surface area contributed by atoms with Crippen molar-refractivity contribution in [3.63, 3.8) is 0 Å². The third kappa shape index (κ3) is 4.16. The topological polar surface area (TPSA) is 68.5 Å². The Morgan fingerprint density at radius 3 is 2.96 bits per heavy atom. The smallest absolute Gasteiger partial charge is 0.409 e. The van der Waals surface area contributed by atoms with Gasteiger partial charge in [-0.2, -0.15) is 0 Å². The van der Waals surface area contributed by atoms with Gasteiger partial charge in [0.05, 0.1) is 11.4 Å². The zero-order chi connectivity index (χ0) is 19.0. The van der Waals surface area contributed by atoms with Crippen LogP contribution in [0.1, 0.15) is 37.6 Å². The number of carbonyl (C=O) groups excluding carboxylic acids is 1. The molecule has 27 heavy (non-hydrogen) atoms. The molecule has 1 atom stereocenters. The predicted octanol–water partition coefficient (Wildman–Crippen LogP) is 4.49. The number of rotatable bonds is 5. The molecule has 0 radical (unpaired) electrons. The Morgan fingerprint density at radius 2 is 2.22 bits per heavy atom. The molecule has 1 aliphatic carbocycles. The van der Waals surface area contributed by atoms with Crippen LogP contribution in [-0.4, -0.2) is 46.6 Å². The predicted molar refractivity (Wildman–Crippen MR) is 106 cm³/mol. The lowest BCUT2D eigenvalue weighted by Crippen LogP contribution is -2.26. The first-order valence-corrected chi connectivity index (χ1v) is 11.2. The van der Waals surface area contributed by atoms with Crippen molar-refractivity contribution in [3.8, 4) is 10.8 Å². The van der Waals surface area contributed by atoms with Gasteiger partial charge in [-0.25, -0.2) is 4.79 Å². The molecule has 0 unspecified atom stereocenters. The molecule has 6 nitrogen and oxygen atoms in total. The monoisotopic (exact) mass is 407 g/mol. The highest BCUT2D eigenvalue weighted by atomic mass is 32.2. The fraction of sp³-hybridized carbons (Fsp3) is 0.632. The van der Waals surface area contributed by atoms with E-state index in [-0.39, 0.29) is 6.09 Å². The summed E-state index contributed by atoms with van der Waals surface area (Å²) in [6.07, 6.45) is 3.29. The maximum Gasteiger partial charge on any atom is 0.409 e. The maximum absolute atomic E-state index is 11.4. The zero-order valence-corrected chi connectivity index (χ0v) is 17.6. The molecule has 0 saturated carbocycles. The molecule has 1 aliphatic heterocycles. The van der Waals surface area contributed by atoms with Crippen LogP contribution in [0.4, 0.5) is 4.79 Å². The summed E-state index contributed by atoms with van der Waals surface area (Å²) in [5.74, 6) is 2.04. The van der Waals surface area contributed by atoms with E-state index in [9.17, 15) is 4.79 Å². The molecule has 2 aromatic heterocycles. The van der Waals surface area contributed by atoms with Crippen LogP contribution in [-0.2, 0) is 17.6 Å². The number of aryl methyl sites for hydroxylation is 1. The van der Waals surface area contributed by atoms with Gasteiger partial charge in [0, 0.05) is 17.2 Å². The second-order valence-electron chi connectivity index (χ2n) is 8.19. The summed E-state index contributed by atoms with van der Waals surface area (Å²) < 4.78 is 10.8. The van der Waals surface area contributed by atoms with Crippen LogP contribution >= 0.6 is 23.1 Å². The molecule has 0 aromatic carbocycles. The first kappa shape index (κ1) is 18.8. The number of aromatic nitrogens is 2. The highest BCUT2D eigenvalue weighted by Gasteiger charge is 2.30.